The molecule has 0 saturated carbocycles. The van der Waals surface area contributed by atoms with Crippen molar-refractivity contribution < 1.29 is 33.4 Å². The molecule has 5 aromatic heterocycles. The summed E-state index contributed by atoms with van der Waals surface area (Å²) in [5.41, 5.74) is 6.55. The number of nitrogens with one attached hydrogen (secondary N) is 4. The Morgan fingerprint density at radius 1 is 0.480 bits per heavy atom. The number of fused-ring (bicyclic) bond motifs is 4. The summed E-state index contributed by atoms with van der Waals surface area (Å²) < 4.78 is 21.3. The molecule has 27 heteroatoms. The molecule has 0 aliphatic carbocycles. The van der Waals surface area contributed by atoms with Crippen molar-refractivity contribution in [1.82, 2.24) is 69.4 Å². The number of hydrogen-bond donors (Lipinski definition) is 5. The number of aromatic nitrogens is 10. The minimum absolute atomic E-state index is 0.0137. The molecule has 98 heavy (non-hydrogen) atoms. The lowest BCUT2D eigenvalue weighted by Crippen LogP contribution is -2.36. The summed E-state index contributed by atoms with van der Waals surface area (Å²) in [4.78, 5) is 125. The second-order valence-electron chi connectivity index (χ2n) is 25.3. The maximum atomic E-state index is 12.8. The van der Waals surface area contributed by atoms with E-state index in [1.807, 2.05) is 6.07 Å². The van der Waals surface area contributed by atoms with Gasteiger partial charge in [0.15, 0.2) is 11.5 Å². The predicted octanol–water partition coefficient (Wildman–Crippen LogP) is 9.34. The van der Waals surface area contributed by atoms with Crippen molar-refractivity contribution in [3.8, 4) is 36.5 Å². The SMILES string of the molecule is C#Cc1cccc2nc([C@H](C)NC(=O)OC(C)(C)C)n(C)c(=O)c12.C#Cc1cccc2nc([C@H](C)NC(=O)c3nccnc3N)n(C)c(=O)c12.CC#Cc1cccc2nc([C@H](C)NC(=O)OC(C)(C)C)n(C)c(=O)c12.C[C@H](NC(=O)OC(C)(C)C)c1nc2cccc(Cl)c2c(=O)n1C. The first-order valence-corrected chi connectivity index (χ1v) is 31.0. The molecule has 0 spiro atoms. The van der Waals surface area contributed by atoms with Crippen LogP contribution in [0, 0.1) is 36.5 Å². The maximum absolute atomic E-state index is 12.8. The largest absolute Gasteiger partial charge is 0.444 e. The van der Waals surface area contributed by atoms with Gasteiger partial charge in [-0.1, -0.05) is 53.6 Å². The van der Waals surface area contributed by atoms with Crippen molar-refractivity contribution in [3.63, 3.8) is 0 Å². The van der Waals surface area contributed by atoms with Gasteiger partial charge in [-0.2, -0.15) is 0 Å². The van der Waals surface area contributed by atoms with Gasteiger partial charge >= 0.3 is 18.3 Å². The van der Waals surface area contributed by atoms with E-state index in [1.165, 1.54) is 30.7 Å². The van der Waals surface area contributed by atoms with Crippen LogP contribution in [0.15, 0.2) is 104 Å². The Morgan fingerprint density at radius 3 is 1.10 bits per heavy atom. The van der Waals surface area contributed by atoms with Crippen LogP contribution in [-0.4, -0.2) is 89.2 Å². The fraction of sp³-hybridized carbons (Fsp3) is 0.352. The van der Waals surface area contributed by atoms with Crippen LogP contribution in [0.5, 0.6) is 0 Å². The standard InChI is InChI=1S/C19H23N3O3.C18H16N6O2.C18H21N3O3.C16H20ClN3O3/c1-7-9-13-10-8-11-14-15(13)17(23)22(6)16(21-14)12(2)20-18(24)25-19(3,4)5;1-4-11-6-5-7-12-13(11)18(26)24(3)16(23-12)10(2)22-17(25)14-15(19)21-9-8-20-14;1-7-12-9-8-10-13-14(12)16(22)21(6)15(20-13)11(2)19-17(23)24-18(3,4)5;1-9(18-15(22)23-16(2,3)4)13-19-11-8-6-7-10(17)12(11)14(21)20(13)5/h8,10-12H,1-6H3,(H,20,24);1,5-10H,2-3H3,(H2,19,21)(H,22,25);1,8-11H,2-6H3,(H,19,23);6-9H,1-5H3,(H,18,22)/t12-;10-;11-;9-/m0000/s1. The summed E-state index contributed by atoms with van der Waals surface area (Å²) >= 11 is 6.08. The second kappa shape index (κ2) is 31.4. The van der Waals surface area contributed by atoms with Crippen LogP contribution in [0.1, 0.15) is 172 Å². The molecule has 26 nitrogen and oxygen atoms in total. The van der Waals surface area contributed by atoms with Crippen LogP contribution in [0.4, 0.5) is 20.2 Å². The fourth-order valence-corrected chi connectivity index (χ4v) is 10.1. The molecule has 0 bridgehead atoms. The van der Waals surface area contributed by atoms with Crippen molar-refractivity contribution in [1.29, 1.82) is 0 Å². The minimum atomic E-state index is -0.603. The zero-order valence-electron chi connectivity index (χ0n) is 58.0. The smallest absolute Gasteiger partial charge is 0.408 e. The average Bonchev–Trinajstić information content (AvgIpc) is 0.800. The number of alkyl carbamates (subject to hydrolysis) is 3. The van der Waals surface area contributed by atoms with E-state index in [4.69, 9.17) is 44.4 Å². The third kappa shape index (κ3) is 18.7. The Kier molecular flexibility index (Phi) is 24.2. The van der Waals surface area contributed by atoms with Crippen LogP contribution in [0.25, 0.3) is 43.6 Å². The van der Waals surface area contributed by atoms with Crippen LogP contribution in [0.2, 0.25) is 5.02 Å². The Hall–Kier alpha value is -11.4. The maximum Gasteiger partial charge on any atom is 0.408 e. The van der Waals surface area contributed by atoms with Gasteiger partial charge in [-0.15, -0.1) is 18.8 Å². The van der Waals surface area contributed by atoms with Crippen molar-refractivity contribution >= 4 is 85.2 Å². The summed E-state index contributed by atoms with van der Waals surface area (Å²) in [7, 11) is 6.41. The first-order valence-electron chi connectivity index (χ1n) is 30.7. The molecule has 0 unspecified atom stereocenters. The molecule has 9 rings (SSSR count). The number of terminal acetylenes is 2. The molecule has 9 aromatic rings. The third-order valence-electron chi connectivity index (χ3n) is 14.1. The summed E-state index contributed by atoms with van der Waals surface area (Å²) in [5.74, 6) is 11.9. The highest BCUT2D eigenvalue weighted by atomic mass is 35.5. The molecule has 4 atom stereocenters. The number of amides is 4. The van der Waals surface area contributed by atoms with Crippen LogP contribution < -0.4 is 49.2 Å². The Balaban J connectivity index is 0.000000206. The van der Waals surface area contributed by atoms with Gasteiger partial charge in [0.2, 0.25) is 0 Å². The first kappa shape index (κ1) is 75.6. The number of nitrogen functional groups attached to an aromatic ring is 1. The van der Waals surface area contributed by atoms with E-state index in [9.17, 15) is 38.4 Å². The molecule has 0 fully saturated rings. The van der Waals surface area contributed by atoms with E-state index < -0.39 is 65.2 Å². The predicted molar refractivity (Wildman–Crippen MR) is 377 cm³/mol. The number of anilines is 1. The number of carbonyl (C=O) groups excluding carboxylic acids is 4. The van der Waals surface area contributed by atoms with Gasteiger partial charge in [-0.05, 0) is 145 Å². The van der Waals surface area contributed by atoms with Crippen molar-refractivity contribution in [2.75, 3.05) is 5.73 Å². The number of carbonyl (C=O) groups is 4. The monoisotopic (exact) mass is 1350 g/mol. The number of halogens is 1. The van der Waals surface area contributed by atoms with Gasteiger partial charge in [0.05, 0.1) is 72.8 Å². The Morgan fingerprint density at radius 2 is 0.776 bits per heavy atom. The number of nitrogens with zero attached hydrogens (tertiary/aromatic N) is 10. The molecule has 0 aliphatic heterocycles. The molecule has 6 N–H and O–H groups in total. The Labute approximate surface area is 571 Å². The van der Waals surface area contributed by atoms with Gasteiger partial charge in [0, 0.05) is 57.3 Å². The van der Waals surface area contributed by atoms with Crippen LogP contribution >= 0.6 is 11.6 Å². The number of rotatable bonds is 9. The molecule has 0 radical (unpaired) electrons. The summed E-state index contributed by atoms with van der Waals surface area (Å²) in [6.45, 7) is 24.7. The molecule has 512 valence electrons. The molecule has 0 aliphatic rings. The third-order valence-corrected chi connectivity index (χ3v) is 14.4. The van der Waals surface area contributed by atoms with Gasteiger partial charge in [0.1, 0.15) is 40.1 Å². The molecule has 5 heterocycles. The topological polar surface area (TPSA) is 335 Å². The first-order chi connectivity index (χ1) is 45.8. The fourth-order valence-electron chi connectivity index (χ4n) is 9.80. The van der Waals surface area contributed by atoms with E-state index in [2.05, 4.69) is 74.9 Å². The highest BCUT2D eigenvalue weighted by molar-refractivity contribution is 6.35. The molecular weight excluding hydrogens is 1270 g/mol. The second-order valence-corrected chi connectivity index (χ2v) is 25.7. The zero-order valence-corrected chi connectivity index (χ0v) is 58.7. The van der Waals surface area contributed by atoms with E-state index in [0.717, 1.165) is 0 Å². The lowest BCUT2D eigenvalue weighted by atomic mass is 10.1. The van der Waals surface area contributed by atoms with E-state index in [0.29, 0.717) is 88.6 Å². The van der Waals surface area contributed by atoms with E-state index in [1.54, 1.807) is 192 Å². The van der Waals surface area contributed by atoms with E-state index in [-0.39, 0.29) is 33.7 Å². The van der Waals surface area contributed by atoms with Gasteiger partial charge < -0.3 is 41.2 Å². The summed E-state index contributed by atoms with van der Waals surface area (Å²) in [6.07, 6.45) is 12.0. The zero-order chi connectivity index (χ0) is 73.1. The van der Waals surface area contributed by atoms with Gasteiger partial charge in [-0.25, -0.2) is 44.3 Å². The van der Waals surface area contributed by atoms with Crippen LogP contribution in [-0.2, 0) is 42.4 Å². The molecule has 4 aromatic carbocycles. The number of ether oxygens (including phenoxy) is 3. The minimum Gasteiger partial charge on any atom is -0.444 e. The molecule has 0 saturated heterocycles. The highest BCUT2D eigenvalue weighted by Crippen LogP contribution is 2.23. The highest BCUT2D eigenvalue weighted by Gasteiger charge is 2.26. The molecule has 4 amide bonds. The summed E-state index contributed by atoms with van der Waals surface area (Å²) in [6, 6.07) is 18.7. The lowest BCUT2D eigenvalue weighted by Gasteiger charge is -2.22. The van der Waals surface area contributed by atoms with Crippen molar-refractivity contribution in [3.05, 3.63) is 177 Å². The Bertz CT molecular complexity index is 4970. The number of hydrogen-bond acceptors (Lipinski definition) is 18. The average molecular weight is 1350 g/mol. The number of benzene rings is 4. The van der Waals surface area contributed by atoms with Gasteiger partial charge in [-0.3, -0.25) is 42.2 Å². The quantitative estimate of drug-likeness (QED) is 0.0663. The van der Waals surface area contributed by atoms with Crippen molar-refractivity contribution in [2.24, 2.45) is 28.2 Å². The lowest BCUT2D eigenvalue weighted by molar-refractivity contribution is 0.0493. The van der Waals surface area contributed by atoms with E-state index >= 15 is 0 Å². The van der Waals surface area contributed by atoms with Gasteiger partial charge in [0.25, 0.3) is 28.1 Å². The number of nitrogens with two attached hydrogens (primary N) is 1. The summed E-state index contributed by atoms with van der Waals surface area (Å²) in [5, 5.41) is 12.8. The molecular formula is C71H80ClN15O11. The van der Waals surface area contributed by atoms with Crippen LogP contribution in [0.3, 0.4) is 0 Å². The van der Waals surface area contributed by atoms with Crippen molar-refractivity contribution in [2.45, 2.75) is 138 Å². The normalized spacial score (nSPS) is 12.3.